The summed E-state index contributed by atoms with van der Waals surface area (Å²) in [5, 5.41) is 4.58. The number of amides is 1. The van der Waals surface area contributed by atoms with Crippen molar-refractivity contribution in [2.75, 3.05) is 0 Å². The van der Waals surface area contributed by atoms with Crippen LogP contribution < -0.4 is 5.32 Å². The summed E-state index contributed by atoms with van der Waals surface area (Å²) in [5.41, 5.74) is 2.59. The first-order valence-corrected chi connectivity index (χ1v) is 5.28. The average Bonchev–Trinajstić information content (AvgIpc) is 2.55. The summed E-state index contributed by atoms with van der Waals surface area (Å²) in [6, 6.07) is -0.0906. The van der Waals surface area contributed by atoms with E-state index in [0.717, 1.165) is 5.69 Å². The second kappa shape index (κ2) is 5.00. The maximum atomic E-state index is 11.0. The lowest BCUT2D eigenvalue weighted by molar-refractivity contribution is -0.116. The zero-order valence-electron chi connectivity index (χ0n) is 6.87. The highest BCUT2D eigenvalue weighted by molar-refractivity contribution is 9.12. The predicted octanol–water partition coefficient (Wildman–Crippen LogP) is 1.68. The van der Waals surface area contributed by atoms with Crippen molar-refractivity contribution in [1.82, 2.24) is 10.3 Å². The number of thiazole rings is 1. The van der Waals surface area contributed by atoms with Crippen LogP contribution in [-0.2, 0) is 4.79 Å². The average molecular weight is 259 g/mol. The molecule has 13 heavy (non-hydrogen) atoms. The fourth-order valence-electron chi connectivity index (χ4n) is 0.785. The number of aromatic nitrogens is 1. The van der Waals surface area contributed by atoms with Crippen LogP contribution in [0.15, 0.2) is 10.9 Å². The van der Waals surface area contributed by atoms with Gasteiger partial charge < -0.3 is 5.32 Å². The third-order valence-corrected chi connectivity index (χ3v) is 2.21. The zero-order valence-corrected chi connectivity index (χ0v) is 9.28. The predicted molar refractivity (Wildman–Crippen MR) is 55.4 cm³/mol. The van der Waals surface area contributed by atoms with Crippen LogP contribution in [0.3, 0.4) is 0 Å². The summed E-state index contributed by atoms with van der Waals surface area (Å²) in [7, 11) is 0. The Hall–Kier alpha value is -0.860. The highest BCUT2D eigenvalue weighted by Gasteiger charge is 2.08. The molecule has 1 rings (SSSR count). The van der Waals surface area contributed by atoms with E-state index >= 15 is 0 Å². The molecule has 0 aliphatic rings. The van der Waals surface area contributed by atoms with Gasteiger partial charge in [0, 0.05) is 27.2 Å². The van der Waals surface area contributed by atoms with Gasteiger partial charge in [-0.2, -0.15) is 0 Å². The van der Waals surface area contributed by atoms with E-state index in [1.807, 2.05) is 12.3 Å². The molecule has 1 N–H and O–H groups in total. The molecule has 5 heteroatoms. The monoisotopic (exact) mass is 258 g/mol. The number of carbonyl (C=O) groups is 1. The van der Waals surface area contributed by atoms with Crippen LogP contribution in [-0.4, -0.2) is 10.9 Å². The van der Waals surface area contributed by atoms with Gasteiger partial charge in [-0.15, -0.1) is 11.3 Å². The molecular weight excluding hydrogens is 252 g/mol. The van der Waals surface area contributed by atoms with Gasteiger partial charge in [-0.3, -0.25) is 4.79 Å². The molecule has 3 nitrogen and oxygen atoms in total. The lowest BCUT2D eigenvalue weighted by Crippen LogP contribution is -2.25. The number of nitrogens with one attached hydrogen (secondary N) is 1. The normalized spacial score (nSPS) is 11.2. The fourth-order valence-corrected chi connectivity index (χ4v) is 1.61. The van der Waals surface area contributed by atoms with E-state index in [-0.39, 0.29) is 11.9 Å². The van der Waals surface area contributed by atoms with Gasteiger partial charge >= 0.3 is 0 Å². The Bertz CT molecular complexity index is 339. The van der Waals surface area contributed by atoms with Gasteiger partial charge in [-0.25, -0.2) is 4.98 Å². The summed E-state index contributed by atoms with van der Waals surface area (Å²) in [6.45, 7) is 1.86. The van der Waals surface area contributed by atoms with Gasteiger partial charge in [0.2, 0.25) is 0 Å². The molecule has 0 aliphatic carbocycles. The minimum Gasteiger partial charge on any atom is -0.337 e. The second-order valence-electron chi connectivity index (χ2n) is 2.33. The first-order valence-electron chi connectivity index (χ1n) is 3.54. The molecule has 1 amide bonds. The lowest BCUT2D eigenvalue weighted by Gasteiger charge is -2.07. The van der Waals surface area contributed by atoms with Gasteiger partial charge in [-0.05, 0) is 11.8 Å². The van der Waals surface area contributed by atoms with Crippen molar-refractivity contribution in [1.29, 1.82) is 0 Å². The molecule has 1 atom stereocenters. The van der Waals surface area contributed by atoms with E-state index in [4.69, 9.17) is 0 Å². The van der Waals surface area contributed by atoms with Crippen molar-refractivity contribution >= 4 is 33.2 Å². The number of hydrogen-bond acceptors (Lipinski definition) is 3. The Morgan fingerprint density at radius 3 is 3.15 bits per heavy atom. The molecule has 0 bridgehead atoms. The fraction of sp³-hybridized carbons (Fsp3) is 0.250. The number of halogens is 1. The van der Waals surface area contributed by atoms with E-state index in [1.54, 1.807) is 5.51 Å². The first-order chi connectivity index (χ1) is 6.24. The van der Waals surface area contributed by atoms with Crippen LogP contribution in [0.2, 0.25) is 0 Å². The molecule has 0 spiro atoms. The SMILES string of the molecule is CC(NC(=O)C#CBr)c1cscn1. The summed E-state index contributed by atoms with van der Waals surface area (Å²) >= 11 is 4.35. The molecule has 1 unspecified atom stereocenters. The van der Waals surface area contributed by atoms with Crippen LogP contribution in [0.25, 0.3) is 0 Å². The quantitative estimate of drug-likeness (QED) is 0.821. The molecule has 0 aromatic carbocycles. The second-order valence-corrected chi connectivity index (χ2v) is 3.44. The maximum Gasteiger partial charge on any atom is 0.297 e. The van der Waals surface area contributed by atoms with Crippen molar-refractivity contribution in [3.8, 4) is 10.8 Å². The number of nitrogens with zero attached hydrogens (tertiary/aromatic N) is 1. The molecular formula is C8H7BrN2OS. The minimum absolute atomic E-state index is 0.0906. The Kier molecular flexibility index (Phi) is 3.93. The summed E-state index contributed by atoms with van der Waals surface area (Å²) in [5.74, 6) is 2.02. The first kappa shape index (κ1) is 10.2. The molecule has 0 saturated carbocycles. The van der Waals surface area contributed by atoms with E-state index in [9.17, 15) is 4.79 Å². The van der Waals surface area contributed by atoms with E-state index in [0.29, 0.717) is 0 Å². The smallest absolute Gasteiger partial charge is 0.297 e. The summed E-state index contributed by atoms with van der Waals surface area (Å²) in [4.78, 5) is 17.4. The van der Waals surface area contributed by atoms with Crippen LogP contribution in [0.5, 0.6) is 0 Å². The third kappa shape index (κ3) is 3.17. The Morgan fingerprint density at radius 2 is 2.62 bits per heavy atom. The van der Waals surface area contributed by atoms with Crippen molar-refractivity contribution in [2.45, 2.75) is 13.0 Å². The van der Waals surface area contributed by atoms with Crippen LogP contribution in [0.4, 0.5) is 0 Å². The van der Waals surface area contributed by atoms with Gasteiger partial charge in [-0.1, -0.05) is 0 Å². The molecule has 0 saturated heterocycles. The topological polar surface area (TPSA) is 42.0 Å². The van der Waals surface area contributed by atoms with Crippen molar-refractivity contribution in [2.24, 2.45) is 0 Å². The maximum absolute atomic E-state index is 11.0. The molecule has 0 radical (unpaired) electrons. The highest BCUT2D eigenvalue weighted by atomic mass is 79.9. The Labute approximate surface area is 88.7 Å². The van der Waals surface area contributed by atoms with E-state index < -0.39 is 0 Å². The van der Waals surface area contributed by atoms with Crippen LogP contribution in [0, 0.1) is 10.8 Å². The minimum atomic E-state index is -0.308. The molecule has 1 aromatic heterocycles. The van der Waals surface area contributed by atoms with E-state index in [2.05, 4.69) is 37.0 Å². The molecule has 0 aliphatic heterocycles. The summed E-state index contributed by atoms with van der Waals surface area (Å²) < 4.78 is 0. The van der Waals surface area contributed by atoms with Crippen molar-refractivity contribution in [3.05, 3.63) is 16.6 Å². The van der Waals surface area contributed by atoms with Gasteiger partial charge in [0.15, 0.2) is 0 Å². The van der Waals surface area contributed by atoms with Crippen LogP contribution >= 0.6 is 27.3 Å². The molecule has 68 valence electrons. The van der Waals surface area contributed by atoms with Crippen molar-refractivity contribution < 1.29 is 4.79 Å². The van der Waals surface area contributed by atoms with Gasteiger partial charge in [0.05, 0.1) is 17.2 Å². The highest BCUT2D eigenvalue weighted by Crippen LogP contribution is 2.11. The summed E-state index contributed by atoms with van der Waals surface area (Å²) in [6.07, 6.45) is 0. The van der Waals surface area contributed by atoms with Crippen LogP contribution in [0.1, 0.15) is 18.7 Å². The molecule has 1 aromatic rings. The van der Waals surface area contributed by atoms with Gasteiger partial charge in [0.1, 0.15) is 0 Å². The van der Waals surface area contributed by atoms with E-state index in [1.165, 1.54) is 11.3 Å². The standard InChI is InChI=1S/C8H7BrN2OS/c1-6(7-4-13-5-10-7)11-8(12)2-3-9/h4-6H,1H3,(H,11,12). The lowest BCUT2D eigenvalue weighted by atomic mass is 10.2. The molecule has 0 fully saturated rings. The van der Waals surface area contributed by atoms with Gasteiger partial charge in [0.25, 0.3) is 5.91 Å². The Balaban J connectivity index is 2.54. The number of hydrogen-bond donors (Lipinski definition) is 1. The zero-order chi connectivity index (χ0) is 9.68. The third-order valence-electron chi connectivity index (χ3n) is 1.40. The largest absolute Gasteiger partial charge is 0.337 e. The molecule has 1 heterocycles. The number of rotatable bonds is 2. The Morgan fingerprint density at radius 1 is 1.85 bits per heavy atom. The van der Waals surface area contributed by atoms with Crippen molar-refractivity contribution in [3.63, 3.8) is 0 Å². The number of carbonyl (C=O) groups excluding carboxylic acids is 1.